The van der Waals surface area contributed by atoms with Gasteiger partial charge in [-0.25, -0.2) is 9.78 Å². The number of imidazole rings is 1. The van der Waals surface area contributed by atoms with Crippen LogP contribution in [0.1, 0.15) is 29.7 Å². The Labute approximate surface area is 248 Å². The first kappa shape index (κ1) is 29.5. The summed E-state index contributed by atoms with van der Waals surface area (Å²) in [6.07, 6.45) is 6.55. The van der Waals surface area contributed by atoms with E-state index >= 15 is 0 Å². The van der Waals surface area contributed by atoms with Crippen LogP contribution in [0.25, 0.3) is 10.9 Å². The molecule has 4 unspecified atom stereocenters. The van der Waals surface area contributed by atoms with E-state index in [0.717, 1.165) is 35.0 Å². The number of hydrogen-bond acceptors (Lipinski definition) is 6. The molecule has 0 radical (unpaired) electrons. The molecular weight excluding hydrogens is 550 g/mol. The van der Waals surface area contributed by atoms with Gasteiger partial charge in [-0.3, -0.25) is 14.4 Å². The number of carbonyl (C=O) groups is 4. The van der Waals surface area contributed by atoms with Crippen LogP contribution in [0.5, 0.6) is 0 Å². The number of carboxylic acid groups (broad SMARTS) is 1. The van der Waals surface area contributed by atoms with Crippen LogP contribution >= 0.6 is 0 Å². The normalized spacial score (nSPS) is 16.7. The zero-order valence-electron chi connectivity index (χ0n) is 23.5. The first-order chi connectivity index (χ1) is 20.9. The molecule has 2 aromatic carbocycles. The number of carbonyl (C=O) groups excluding carboxylic acids is 3. The van der Waals surface area contributed by atoms with Crippen molar-refractivity contribution in [2.75, 3.05) is 6.54 Å². The summed E-state index contributed by atoms with van der Waals surface area (Å²) >= 11 is 0. The summed E-state index contributed by atoms with van der Waals surface area (Å²) in [5.74, 6) is -2.71. The number of amides is 3. The number of aliphatic carboxylic acids is 1. The average Bonchev–Trinajstić information content (AvgIpc) is 3.80. The van der Waals surface area contributed by atoms with E-state index in [1.807, 2.05) is 60.8 Å². The second-order valence-corrected chi connectivity index (χ2v) is 10.7. The van der Waals surface area contributed by atoms with Gasteiger partial charge in [-0.05, 0) is 36.6 Å². The quantitative estimate of drug-likeness (QED) is 0.123. The molecule has 0 bridgehead atoms. The molecule has 7 N–H and O–H groups in total. The van der Waals surface area contributed by atoms with Gasteiger partial charge in [-0.15, -0.1) is 0 Å². The molecule has 12 nitrogen and oxygen atoms in total. The molecule has 4 atom stereocenters. The summed E-state index contributed by atoms with van der Waals surface area (Å²) in [5.41, 5.74) is 3.05. The lowest BCUT2D eigenvalue weighted by Gasteiger charge is -2.25. The van der Waals surface area contributed by atoms with Gasteiger partial charge in [-0.2, -0.15) is 0 Å². The fourth-order valence-corrected chi connectivity index (χ4v) is 5.33. The van der Waals surface area contributed by atoms with E-state index < -0.39 is 42.0 Å². The Morgan fingerprint density at radius 1 is 0.860 bits per heavy atom. The maximum absolute atomic E-state index is 13.9. The molecular formula is C31H35N7O5. The number of para-hydroxylation sites is 1. The van der Waals surface area contributed by atoms with Crippen LogP contribution in [0.15, 0.2) is 73.3 Å². The van der Waals surface area contributed by atoms with Gasteiger partial charge in [0.05, 0.1) is 12.4 Å². The molecule has 3 heterocycles. The maximum Gasteiger partial charge on any atom is 0.326 e. The predicted molar refractivity (Wildman–Crippen MR) is 159 cm³/mol. The molecule has 0 spiro atoms. The summed E-state index contributed by atoms with van der Waals surface area (Å²) in [4.78, 5) is 62.5. The third kappa shape index (κ3) is 7.66. The molecule has 1 saturated heterocycles. The molecule has 5 rings (SSSR count). The Kier molecular flexibility index (Phi) is 9.47. The number of rotatable bonds is 13. The van der Waals surface area contributed by atoms with Gasteiger partial charge in [0.15, 0.2) is 0 Å². The van der Waals surface area contributed by atoms with Crippen molar-refractivity contribution in [1.29, 1.82) is 0 Å². The molecule has 4 aromatic rings. The van der Waals surface area contributed by atoms with Crippen LogP contribution < -0.4 is 21.3 Å². The summed E-state index contributed by atoms with van der Waals surface area (Å²) in [7, 11) is 0. The molecule has 1 aliphatic heterocycles. The molecule has 43 heavy (non-hydrogen) atoms. The second kappa shape index (κ2) is 13.8. The highest BCUT2D eigenvalue weighted by Gasteiger charge is 2.32. The van der Waals surface area contributed by atoms with Crippen molar-refractivity contribution in [1.82, 2.24) is 36.2 Å². The minimum atomic E-state index is -1.25. The van der Waals surface area contributed by atoms with Crippen LogP contribution in [0.2, 0.25) is 0 Å². The number of fused-ring (bicyclic) bond motifs is 1. The van der Waals surface area contributed by atoms with Gasteiger partial charge in [0.2, 0.25) is 17.7 Å². The lowest BCUT2D eigenvalue weighted by atomic mass is 10.0. The van der Waals surface area contributed by atoms with E-state index in [2.05, 4.69) is 36.2 Å². The largest absolute Gasteiger partial charge is 0.480 e. The molecule has 12 heteroatoms. The van der Waals surface area contributed by atoms with Crippen LogP contribution in [-0.2, 0) is 38.4 Å². The van der Waals surface area contributed by atoms with E-state index in [4.69, 9.17) is 0 Å². The Morgan fingerprint density at radius 3 is 2.28 bits per heavy atom. The molecule has 1 aliphatic rings. The number of aromatic nitrogens is 3. The van der Waals surface area contributed by atoms with Crippen LogP contribution in [0.3, 0.4) is 0 Å². The van der Waals surface area contributed by atoms with Crippen molar-refractivity contribution < 1.29 is 24.3 Å². The zero-order chi connectivity index (χ0) is 30.2. The topological polar surface area (TPSA) is 181 Å². The minimum absolute atomic E-state index is 0.0132. The molecule has 1 fully saturated rings. The van der Waals surface area contributed by atoms with Crippen LogP contribution in [-0.4, -0.2) is 74.5 Å². The monoisotopic (exact) mass is 585 g/mol. The highest BCUT2D eigenvalue weighted by Crippen LogP contribution is 2.20. The maximum atomic E-state index is 13.9. The van der Waals surface area contributed by atoms with E-state index in [1.54, 1.807) is 0 Å². The fraction of sp³-hybridized carbons (Fsp3) is 0.323. The number of hydrogen-bond donors (Lipinski definition) is 7. The Morgan fingerprint density at radius 2 is 1.58 bits per heavy atom. The smallest absolute Gasteiger partial charge is 0.326 e. The summed E-state index contributed by atoms with van der Waals surface area (Å²) < 4.78 is 0. The SMILES string of the molecule is O=C(O)C(Cc1cnc[nH]1)NC(=O)C(Cc1ccccc1)NC(=O)C(Cc1c[nH]c2ccccc12)NC(=O)C1CCCN1. The number of carboxylic acids is 1. The van der Waals surface area contributed by atoms with Crippen LogP contribution in [0.4, 0.5) is 0 Å². The van der Waals surface area contributed by atoms with Gasteiger partial charge in [0, 0.05) is 48.3 Å². The molecule has 3 amide bonds. The highest BCUT2D eigenvalue weighted by atomic mass is 16.4. The number of benzene rings is 2. The Hall–Kier alpha value is -4.97. The fourth-order valence-electron chi connectivity index (χ4n) is 5.33. The van der Waals surface area contributed by atoms with E-state index in [-0.39, 0.29) is 25.2 Å². The van der Waals surface area contributed by atoms with Crippen molar-refractivity contribution in [2.24, 2.45) is 0 Å². The van der Waals surface area contributed by atoms with Gasteiger partial charge < -0.3 is 36.3 Å². The van der Waals surface area contributed by atoms with E-state index in [9.17, 15) is 24.3 Å². The average molecular weight is 586 g/mol. The predicted octanol–water partition coefficient (Wildman–Crippen LogP) is 1.21. The van der Waals surface area contributed by atoms with E-state index in [0.29, 0.717) is 12.1 Å². The number of aromatic amines is 2. The first-order valence-electron chi connectivity index (χ1n) is 14.3. The Balaban J connectivity index is 1.37. The third-order valence-corrected chi connectivity index (χ3v) is 7.62. The van der Waals surface area contributed by atoms with Crippen molar-refractivity contribution in [3.8, 4) is 0 Å². The van der Waals surface area contributed by atoms with Crippen molar-refractivity contribution in [3.05, 3.63) is 90.1 Å². The Bertz CT molecular complexity index is 1550. The van der Waals surface area contributed by atoms with Gasteiger partial charge in [0.25, 0.3) is 0 Å². The molecule has 0 saturated carbocycles. The van der Waals surface area contributed by atoms with Crippen molar-refractivity contribution >= 4 is 34.6 Å². The van der Waals surface area contributed by atoms with Crippen molar-refractivity contribution in [3.63, 3.8) is 0 Å². The number of nitrogens with one attached hydrogen (secondary N) is 6. The molecule has 2 aromatic heterocycles. The highest BCUT2D eigenvalue weighted by molar-refractivity contribution is 5.95. The van der Waals surface area contributed by atoms with Crippen molar-refractivity contribution in [2.45, 2.75) is 56.3 Å². The molecule has 0 aliphatic carbocycles. The number of H-pyrrole nitrogens is 2. The zero-order valence-corrected chi connectivity index (χ0v) is 23.5. The lowest BCUT2D eigenvalue weighted by molar-refractivity contribution is -0.142. The molecule has 224 valence electrons. The lowest BCUT2D eigenvalue weighted by Crippen LogP contribution is -2.58. The van der Waals surface area contributed by atoms with Crippen LogP contribution in [0, 0.1) is 0 Å². The standard InChI is InChI=1S/C31H35N7O5/c39-28(24-11-6-12-33-24)37-26(14-20-16-34-23-10-5-4-9-22(20)23)30(41)36-25(13-19-7-2-1-3-8-19)29(40)38-27(31(42)43)15-21-17-32-18-35-21/h1-5,7-10,16-18,24-27,33-34H,6,11-15H2,(H,32,35)(H,36,41)(H,37,39)(H,38,40)(H,42,43). The second-order valence-electron chi connectivity index (χ2n) is 10.7. The van der Waals surface area contributed by atoms with E-state index in [1.165, 1.54) is 12.5 Å². The van der Waals surface area contributed by atoms with Gasteiger partial charge >= 0.3 is 5.97 Å². The number of nitrogens with zero attached hydrogens (tertiary/aromatic N) is 1. The minimum Gasteiger partial charge on any atom is -0.480 e. The summed E-state index contributed by atoms with van der Waals surface area (Å²) in [6, 6.07) is 13.0. The summed E-state index contributed by atoms with van der Waals surface area (Å²) in [5, 5.41) is 22.2. The first-order valence-corrected chi connectivity index (χ1v) is 14.3. The van der Waals surface area contributed by atoms with Gasteiger partial charge in [0.1, 0.15) is 18.1 Å². The summed E-state index contributed by atoms with van der Waals surface area (Å²) in [6.45, 7) is 0.722. The third-order valence-electron chi connectivity index (χ3n) is 7.62. The van der Waals surface area contributed by atoms with Gasteiger partial charge in [-0.1, -0.05) is 48.5 Å².